The topological polar surface area (TPSA) is 50.3 Å². The van der Waals surface area contributed by atoms with Crippen molar-refractivity contribution < 1.29 is 17.9 Å². The molecular weight excluding hydrogens is 341 g/mol. The van der Waals surface area contributed by atoms with Crippen LogP contribution in [-0.2, 0) is 10.9 Å². The van der Waals surface area contributed by atoms with E-state index in [1.165, 1.54) is 19.3 Å². The van der Waals surface area contributed by atoms with Crippen LogP contribution in [0.25, 0.3) is 0 Å². The van der Waals surface area contributed by atoms with Gasteiger partial charge in [-0.25, -0.2) is 0 Å². The summed E-state index contributed by atoms with van der Waals surface area (Å²) in [5.74, 6) is 0. The minimum atomic E-state index is -4.42. The number of morpholine rings is 1. The Labute approximate surface area is 143 Å². The number of rotatable bonds is 5. The lowest BCUT2D eigenvalue weighted by Crippen LogP contribution is -2.47. The third kappa shape index (κ3) is 4.58. The minimum absolute atomic E-state index is 0.0969. The second kappa shape index (κ2) is 7.53. The monoisotopic (exact) mass is 364 g/mol. The van der Waals surface area contributed by atoms with Gasteiger partial charge in [-0.2, -0.15) is 13.2 Å². The third-order valence-corrected chi connectivity index (χ3v) is 5.78. The van der Waals surface area contributed by atoms with Crippen LogP contribution in [0.15, 0.2) is 0 Å². The molecule has 9 heteroatoms. The normalized spacial score (nSPS) is 22.5. The van der Waals surface area contributed by atoms with Gasteiger partial charge in [-0.3, -0.25) is 4.90 Å². The first-order chi connectivity index (χ1) is 11.5. The van der Waals surface area contributed by atoms with E-state index in [0.717, 1.165) is 45.7 Å². The van der Waals surface area contributed by atoms with E-state index in [2.05, 4.69) is 20.4 Å². The highest BCUT2D eigenvalue weighted by atomic mass is 32.1. The fourth-order valence-corrected chi connectivity index (χ4v) is 4.21. The van der Waals surface area contributed by atoms with Gasteiger partial charge in [-0.15, -0.1) is 10.2 Å². The molecule has 2 fully saturated rings. The van der Waals surface area contributed by atoms with Gasteiger partial charge >= 0.3 is 6.18 Å². The van der Waals surface area contributed by atoms with E-state index in [9.17, 15) is 13.2 Å². The standard InChI is InChI=1S/C15H23F3N4OS/c16-15(17,18)12-20-21-13(24-12)19-10-14(4-2-1-3-5-14)11-22-6-8-23-9-7-22/h1-11H2,(H,19,21). The molecule has 5 nitrogen and oxygen atoms in total. The molecule has 0 radical (unpaired) electrons. The molecule has 1 aliphatic carbocycles. The second-order valence-corrected chi connectivity index (χ2v) is 7.69. The van der Waals surface area contributed by atoms with Crippen LogP contribution < -0.4 is 5.32 Å². The van der Waals surface area contributed by atoms with Gasteiger partial charge in [-0.05, 0) is 12.8 Å². The Hall–Kier alpha value is -0.930. The summed E-state index contributed by atoms with van der Waals surface area (Å²) in [5, 5.41) is 9.38. The van der Waals surface area contributed by atoms with Crippen LogP contribution in [0.2, 0.25) is 0 Å². The Bertz CT molecular complexity index is 525. The molecule has 2 aliphatic rings. The van der Waals surface area contributed by atoms with Crippen molar-refractivity contribution in [3.05, 3.63) is 5.01 Å². The number of nitrogens with one attached hydrogen (secondary N) is 1. The van der Waals surface area contributed by atoms with Crippen LogP contribution >= 0.6 is 11.3 Å². The van der Waals surface area contributed by atoms with Gasteiger partial charge in [-0.1, -0.05) is 30.6 Å². The van der Waals surface area contributed by atoms with E-state index in [1.807, 2.05) is 0 Å². The Kier molecular flexibility index (Phi) is 5.61. The van der Waals surface area contributed by atoms with E-state index >= 15 is 0 Å². The van der Waals surface area contributed by atoms with E-state index < -0.39 is 11.2 Å². The van der Waals surface area contributed by atoms with Crippen LogP contribution in [0, 0.1) is 5.41 Å². The summed E-state index contributed by atoms with van der Waals surface area (Å²) in [4.78, 5) is 2.41. The summed E-state index contributed by atoms with van der Waals surface area (Å²) in [6.45, 7) is 4.99. The molecule has 1 saturated carbocycles. The Morgan fingerprint density at radius 1 is 1.12 bits per heavy atom. The first-order valence-electron chi connectivity index (χ1n) is 8.42. The van der Waals surface area contributed by atoms with Gasteiger partial charge in [0.25, 0.3) is 0 Å². The van der Waals surface area contributed by atoms with Gasteiger partial charge in [0, 0.05) is 31.6 Å². The Morgan fingerprint density at radius 2 is 1.83 bits per heavy atom. The number of hydrogen-bond donors (Lipinski definition) is 1. The zero-order valence-corrected chi connectivity index (χ0v) is 14.4. The summed E-state index contributed by atoms with van der Waals surface area (Å²) >= 11 is 0.581. The van der Waals surface area contributed by atoms with Crippen LogP contribution in [0.4, 0.5) is 18.3 Å². The van der Waals surface area contributed by atoms with Crippen LogP contribution in [0.3, 0.4) is 0 Å². The summed E-state index contributed by atoms with van der Waals surface area (Å²) < 4.78 is 43.3. The number of hydrogen-bond acceptors (Lipinski definition) is 6. The highest BCUT2D eigenvalue weighted by Gasteiger charge is 2.37. The second-order valence-electron chi connectivity index (χ2n) is 6.71. The molecule has 0 amide bonds. The fourth-order valence-electron chi connectivity index (χ4n) is 3.60. The van der Waals surface area contributed by atoms with Crippen molar-refractivity contribution in [1.82, 2.24) is 15.1 Å². The number of halogens is 3. The predicted molar refractivity (Wildman–Crippen MR) is 86.2 cm³/mol. The van der Waals surface area contributed by atoms with Crippen molar-refractivity contribution in [3.63, 3.8) is 0 Å². The Morgan fingerprint density at radius 3 is 2.46 bits per heavy atom. The molecule has 1 saturated heterocycles. The van der Waals surface area contributed by atoms with Crippen LogP contribution in [-0.4, -0.2) is 54.5 Å². The Balaban J connectivity index is 1.62. The first-order valence-corrected chi connectivity index (χ1v) is 9.23. The van der Waals surface area contributed by atoms with Crippen molar-refractivity contribution in [2.24, 2.45) is 5.41 Å². The third-order valence-electron chi connectivity index (χ3n) is 4.86. The van der Waals surface area contributed by atoms with Gasteiger partial charge in [0.05, 0.1) is 13.2 Å². The van der Waals surface area contributed by atoms with Crippen molar-refractivity contribution in [2.75, 3.05) is 44.7 Å². The van der Waals surface area contributed by atoms with Crippen molar-refractivity contribution in [3.8, 4) is 0 Å². The maximum atomic E-state index is 12.6. The molecule has 136 valence electrons. The summed E-state index contributed by atoms with van der Waals surface area (Å²) in [6, 6.07) is 0. The lowest BCUT2D eigenvalue weighted by molar-refractivity contribution is -0.138. The molecule has 1 N–H and O–H groups in total. The largest absolute Gasteiger partial charge is 0.445 e. The molecule has 0 atom stereocenters. The van der Waals surface area contributed by atoms with Gasteiger partial charge in [0.1, 0.15) is 0 Å². The summed E-state index contributed by atoms with van der Waals surface area (Å²) in [5.41, 5.74) is 0.0969. The average Bonchev–Trinajstić information content (AvgIpc) is 3.04. The number of ether oxygens (including phenoxy) is 1. The number of alkyl halides is 3. The van der Waals surface area contributed by atoms with Gasteiger partial charge in [0.2, 0.25) is 10.1 Å². The minimum Gasteiger partial charge on any atom is -0.379 e. The number of aromatic nitrogens is 2. The molecule has 24 heavy (non-hydrogen) atoms. The lowest BCUT2D eigenvalue weighted by Gasteiger charge is -2.42. The van der Waals surface area contributed by atoms with E-state index in [-0.39, 0.29) is 10.5 Å². The van der Waals surface area contributed by atoms with Crippen LogP contribution in [0.5, 0.6) is 0 Å². The van der Waals surface area contributed by atoms with Crippen LogP contribution in [0.1, 0.15) is 37.1 Å². The fraction of sp³-hybridized carbons (Fsp3) is 0.867. The molecule has 2 heterocycles. The maximum Gasteiger partial charge on any atom is 0.445 e. The van der Waals surface area contributed by atoms with Crippen molar-refractivity contribution in [1.29, 1.82) is 0 Å². The SMILES string of the molecule is FC(F)(F)c1nnc(NCC2(CN3CCOCC3)CCCCC2)s1. The predicted octanol–water partition coefficient (Wildman–Crippen LogP) is 3.25. The molecule has 0 aromatic carbocycles. The van der Waals surface area contributed by atoms with E-state index in [4.69, 9.17) is 4.74 Å². The first kappa shape index (κ1) is 17.9. The van der Waals surface area contributed by atoms with Crippen molar-refractivity contribution >= 4 is 16.5 Å². The summed E-state index contributed by atoms with van der Waals surface area (Å²) in [7, 11) is 0. The van der Waals surface area contributed by atoms with Crippen molar-refractivity contribution in [2.45, 2.75) is 38.3 Å². The zero-order chi connectivity index (χ0) is 17.0. The highest BCUT2D eigenvalue weighted by Crippen LogP contribution is 2.38. The maximum absolute atomic E-state index is 12.6. The van der Waals surface area contributed by atoms with E-state index in [0.29, 0.717) is 17.9 Å². The smallest absolute Gasteiger partial charge is 0.379 e. The molecule has 0 bridgehead atoms. The molecule has 1 aromatic rings. The van der Waals surface area contributed by atoms with E-state index in [1.54, 1.807) is 0 Å². The molecule has 0 spiro atoms. The summed E-state index contributed by atoms with van der Waals surface area (Å²) in [6.07, 6.45) is 1.37. The number of nitrogens with zero attached hydrogens (tertiary/aromatic N) is 3. The highest BCUT2D eigenvalue weighted by molar-refractivity contribution is 7.15. The number of anilines is 1. The zero-order valence-electron chi connectivity index (χ0n) is 13.6. The molecule has 3 rings (SSSR count). The molecule has 1 aromatic heterocycles. The molecule has 0 unspecified atom stereocenters. The molecular formula is C15H23F3N4OS. The van der Waals surface area contributed by atoms with Gasteiger partial charge < -0.3 is 10.1 Å². The lowest BCUT2D eigenvalue weighted by atomic mass is 9.73. The average molecular weight is 364 g/mol. The van der Waals surface area contributed by atoms with Gasteiger partial charge in [0.15, 0.2) is 0 Å². The molecule has 1 aliphatic heterocycles. The quantitative estimate of drug-likeness (QED) is 0.869.